The molecule has 0 atom stereocenters. The van der Waals surface area contributed by atoms with E-state index in [4.69, 9.17) is 4.74 Å². The molecule has 0 bridgehead atoms. The van der Waals surface area contributed by atoms with Crippen molar-refractivity contribution in [3.63, 3.8) is 0 Å². The summed E-state index contributed by atoms with van der Waals surface area (Å²) < 4.78 is 5.16. The molecule has 1 heterocycles. The molecule has 106 valence electrons. The molecule has 1 aromatic carbocycles. The molecular weight excluding hydrogens is 272 g/mol. The van der Waals surface area contributed by atoms with Crippen molar-refractivity contribution < 1.29 is 9.53 Å². The van der Waals surface area contributed by atoms with Crippen LogP contribution >= 0.6 is 11.3 Å². The van der Waals surface area contributed by atoms with Gasteiger partial charge in [-0.2, -0.15) is 0 Å². The molecule has 20 heavy (non-hydrogen) atoms. The number of rotatable bonds is 6. The maximum atomic E-state index is 11.8. The topological polar surface area (TPSA) is 51.2 Å². The largest absolute Gasteiger partial charge is 0.497 e. The van der Waals surface area contributed by atoms with E-state index < -0.39 is 0 Å². The molecule has 0 fully saturated rings. The van der Waals surface area contributed by atoms with E-state index in [1.807, 2.05) is 36.6 Å². The van der Waals surface area contributed by atoms with E-state index in [-0.39, 0.29) is 5.91 Å². The molecule has 0 unspecified atom stereocenters. The van der Waals surface area contributed by atoms with Crippen molar-refractivity contribution in [2.45, 2.75) is 26.3 Å². The molecule has 2 aromatic rings. The number of amides is 1. The van der Waals surface area contributed by atoms with Gasteiger partial charge in [-0.1, -0.05) is 12.1 Å². The van der Waals surface area contributed by atoms with Gasteiger partial charge in [-0.15, -0.1) is 11.3 Å². The number of methoxy groups -OCH3 is 1. The summed E-state index contributed by atoms with van der Waals surface area (Å²) >= 11 is 1.59. The number of thiazole rings is 1. The first-order chi connectivity index (χ1) is 9.67. The predicted molar refractivity (Wildman–Crippen MR) is 80.0 cm³/mol. The maximum absolute atomic E-state index is 11.8. The first-order valence-electron chi connectivity index (χ1n) is 6.48. The van der Waals surface area contributed by atoms with Crippen LogP contribution in [0.3, 0.4) is 0 Å². The molecule has 0 aliphatic heterocycles. The van der Waals surface area contributed by atoms with Crippen LogP contribution in [-0.2, 0) is 17.8 Å². The molecule has 4 nitrogen and oxygen atoms in total. The summed E-state index contributed by atoms with van der Waals surface area (Å²) in [6.07, 6.45) is 1.18. The molecule has 0 aliphatic carbocycles. The number of benzene rings is 1. The van der Waals surface area contributed by atoms with Crippen molar-refractivity contribution in [3.05, 3.63) is 45.9 Å². The smallest absolute Gasteiger partial charge is 0.220 e. The lowest BCUT2D eigenvalue weighted by Gasteiger charge is -2.05. The molecule has 5 heteroatoms. The Morgan fingerprint density at radius 2 is 2.30 bits per heavy atom. The lowest BCUT2D eigenvalue weighted by molar-refractivity contribution is -0.121. The van der Waals surface area contributed by atoms with Crippen LogP contribution in [0.4, 0.5) is 0 Å². The average Bonchev–Trinajstić information content (AvgIpc) is 2.89. The molecular formula is C15H18N2O2S. The Morgan fingerprint density at radius 3 is 3.00 bits per heavy atom. The van der Waals surface area contributed by atoms with E-state index in [9.17, 15) is 4.79 Å². The lowest BCUT2D eigenvalue weighted by atomic mass is 10.1. The Kier molecular flexibility index (Phi) is 5.12. The van der Waals surface area contributed by atoms with E-state index in [0.29, 0.717) is 19.4 Å². The third kappa shape index (κ3) is 4.35. The predicted octanol–water partition coefficient (Wildman–Crippen LogP) is 2.71. The molecule has 1 aromatic heterocycles. The molecule has 1 N–H and O–H groups in total. The number of carbonyl (C=O) groups is 1. The van der Waals surface area contributed by atoms with Gasteiger partial charge in [0.25, 0.3) is 0 Å². The fraction of sp³-hybridized carbons (Fsp3) is 0.333. The summed E-state index contributed by atoms with van der Waals surface area (Å²) in [4.78, 5) is 16.1. The third-order valence-electron chi connectivity index (χ3n) is 2.91. The number of aromatic nitrogens is 1. The fourth-order valence-corrected chi connectivity index (χ4v) is 2.47. The number of carbonyl (C=O) groups excluding carboxylic acids is 1. The van der Waals surface area contributed by atoms with Crippen LogP contribution in [0.5, 0.6) is 5.75 Å². The maximum Gasteiger partial charge on any atom is 0.220 e. The Hall–Kier alpha value is -1.88. The number of ether oxygens (including phenoxy) is 1. The monoisotopic (exact) mass is 290 g/mol. The van der Waals surface area contributed by atoms with Crippen molar-refractivity contribution in [1.29, 1.82) is 0 Å². The molecule has 0 radical (unpaired) electrons. The number of nitrogens with zero attached hydrogens (tertiary/aromatic N) is 1. The van der Waals surface area contributed by atoms with Gasteiger partial charge < -0.3 is 10.1 Å². The minimum absolute atomic E-state index is 0.0403. The van der Waals surface area contributed by atoms with Crippen LogP contribution in [0.1, 0.15) is 22.7 Å². The van der Waals surface area contributed by atoms with Crippen molar-refractivity contribution >= 4 is 17.2 Å². The van der Waals surface area contributed by atoms with Gasteiger partial charge in [0.15, 0.2) is 0 Å². The highest BCUT2D eigenvalue weighted by molar-refractivity contribution is 7.09. The minimum Gasteiger partial charge on any atom is -0.497 e. The number of hydrogen-bond acceptors (Lipinski definition) is 4. The van der Waals surface area contributed by atoms with E-state index in [2.05, 4.69) is 10.3 Å². The molecule has 2 rings (SSSR count). The standard InChI is InChI=1S/C15H18N2O2S/c1-11-17-13(10-20-11)9-16-15(18)7-6-12-4-3-5-14(8-12)19-2/h3-5,8,10H,6-7,9H2,1-2H3,(H,16,18). The van der Waals surface area contributed by atoms with Gasteiger partial charge in [-0.05, 0) is 31.0 Å². The summed E-state index contributed by atoms with van der Waals surface area (Å²) in [5.41, 5.74) is 2.02. The van der Waals surface area contributed by atoms with Gasteiger partial charge in [0.2, 0.25) is 5.91 Å². The third-order valence-corrected chi connectivity index (χ3v) is 3.73. The van der Waals surface area contributed by atoms with E-state index in [0.717, 1.165) is 22.0 Å². The number of nitrogens with one attached hydrogen (secondary N) is 1. The first kappa shape index (κ1) is 14.5. The first-order valence-corrected chi connectivity index (χ1v) is 7.36. The average molecular weight is 290 g/mol. The molecule has 1 amide bonds. The Bertz CT molecular complexity index is 581. The summed E-state index contributed by atoms with van der Waals surface area (Å²) in [6.45, 7) is 2.46. The van der Waals surface area contributed by atoms with Crippen molar-refractivity contribution in [1.82, 2.24) is 10.3 Å². The highest BCUT2D eigenvalue weighted by Gasteiger charge is 2.04. The number of aryl methyl sites for hydroxylation is 2. The van der Waals surface area contributed by atoms with Gasteiger partial charge in [-0.3, -0.25) is 4.79 Å². The van der Waals surface area contributed by atoms with Gasteiger partial charge >= 0.3 is 0 Å². The molecule has 0 aliphatic rings. The zero-order chi connectivity index (χ0) is 14.4. The highest BCUT2D eigenvalue weighted by Crippen LogP contribution is 2.14. The van der Waals surface area contributed by atoms with Crippen molar-refractivity contribution in [2.75, 3.05) is 7.11 Å². The van der Waals surface area contributed by atoms with Crippen LogP contribution in [0.15, 0.2) is 29.6 Å². The van der Waals surface area contributed by atoms with Gasteiger partial charge in [0.1, 0.15) is 5.75 Å². The molecule has 0 saturated heterocycles. The van der Waals surface area contributed by atoms with Gasteiger partial charge in [0, 0.05) is 11.8 Å². The van der Waals surface area contributed by atoms with Crippen LogP contribution in [0.2, 0.25) is 0 Å². The van der Waals surface area contributed by atoms with E-state index >= 15 is 0 Å². The minimum atomic E-state index is 0.0403. The molecule has 0 saturated carbocycles. The summed E-state index contributed by atoms with van der Waals surface area (Å²) in [6, 6.07) is 7.79. The Balaban J connectivity index is 1.77. The number of hydrogen-bond donors (Lipinski definition) is 1. The summed E-state index contributed by atoms with van der Waals surface area (Å²) in [5.74, 6) is 0.860. The zero-order valence-corrected chi connectivity index (χ0v) is 12.5. The zero-order valence-electron chi connectivity index (χ0n) is 11.7. The van der Waals surface area contributed by atoms with Crippen LogP contribution in [0.25, 0.3) is 0 Å². The summed E-state index contributed by atoms with van der Waals surface area (Å²) in [7, 11) is 1.64. The van der Waals surface area contributed by atoms with E-state index in [1.165, 1.54) is 0 Å². The fourth-order valence-electron chi connectivity index (χ4n) is 1.85. The second-order valence-electron chi connectivity index (χ2n) is 4.49. The van der Waals surface area contributed by atoms with Crippen LogP contribution in [0, 0.1) is 6.92 Å². The van der Waals surface area contributed by atoms with Crippen LogP contribution in [-0.4, -0.2) is 18.0 Å². The van der Waals surface area contributed by atoms with Gasteiger partial charge in [-0.25, -0.2) is 4.98 Å². The molecule has 0 spiro atoms. The van der Waals surface area contributed by atoms with Crippen LogP contribution < -0.4 is 10.1 Å². The Labute approximate surface area is 122 Å². The van der Waals surface area contributed by atoms with E-state index in [1.54, 1.807) is 18.4 Å². The normalized spacial score (nSPS) is 10.3. The van der Waals surface area contributed by atoms with Gasteiger partial charge in [0.05, 0.1) is 24.4 Å². The van der Waals surface area contributed by atoms with Crippen molar-refractivity contribution in [3.8, 4) is 5.75 Å². The second kappa shape index (κ2) is 7.05. The lowest BCUT2D eigenvalue weighted by Crippen LogP contribution is -2.23. The highest BCUT2D eigenvalue weighted by atomic mass is 32.1. The quantitative estimate of drug-likeness (QED) is 0.890. The Morgan fingerprint density at radius 1 is 1.45 bits per heavy atom. The summed E-state index contributed by atoms with van der Waals surface area (Å²) in [5, 5.41) is 5.87. The SMILES string of the molecule is COc1cccc(CCC(=O)NCc2csc(C)n2)c1. The van der Waals surface area contributed by atoms with Crippen molar-refractivity contribution in [2.24, 2.45) is 0 Å². The second-order valence-corrected chi connectivity index (χ2v) is 5.55.